The lowest BCUT2D eigenvalue weighted by Gasteiger charge is -2.21. The van der Waals surface area contributed by atoms with Gasteiger partial charge in [-0.1, -0.05) is 18.2 Å². The van der Waals surface area contributed by atoms with Crippen molar-refractivity contribution in [2.75, 3.05) is 6.61 Å². The van der Waals surface area contributed by atoms with E-state index in [1.54, 1.807) is 40.7 Å². The molecule has 2 aromatic heterocycles. The van der Waals surface area contributed by atoms with Crippen molar-refractivity contribution in [1.82, 2.24) is 4.90 Å². The molecule has 0 aliphatic rings. The molecule has 0 N–H and O–H groups in total. The zero-order valence-corrected chi connectivity index (χ0v) is 15.1. The molecule has 1 amide bonds. The molecule has 0 unspecified atom stereocenters. The second-order valence-electron chi connectivity index (χ2n) is 5.79. The monoisotopic (exact) mass is 373 g/mol. The van der Waals surface area contributed by atoms with Crippen LogP contribution in [0.3, 0.4) is 0 Å². The number of halogens is 1. The summed E-state index contributed by atoms with van der Waals surface area (Å²) in [6.45, 7) is 1.27. The van der Waals surface area contributed by atoms with Crippen LogP contribution in [0.15, 0.2) is 64.6 Å². The number of para-hydroxylation sites is 1. The Bertz CT molecular complexity index is 766. The number of carbonyl (C=O) groups is 1. The molecule has 0 aliphatic carbocycles. The molecule has 1 aromatic carbocycles. The third-order valence-corrected chi connectivity index (χ3v) is 4.70. The van der Waals surface area contributed by atoms with Crippen LogP contribution in [-0.2, 0) is 17.9 Å². The molecule has 0 bridgehead atoms. The maximum atomic E-state index is 13.5. The van der Waals surface area contributed by atoms with Gasteiger partial charge in [0, 0.05) is 11.3 Å². The highest BCUT2D eigenvalue weighted by atomic mass is 32.1. The minimum absolute atomic E-state index is 0.0203. The summed E-state index contributed by atoms with van der Waals surface area (Å²) in [5.74, 6) is 0.589. The number of carbonyl (C=O) groups excluding carboxylic acids is 1. The number of thiophene rings is 1. The molecule has 4 nitrogen and oxygen atoms in total. The average Bonchev–Trinajstić information content (AvgIpc) is 3.33. The summed E-state index contributed by atoms with van der Waals surface area (Å²) in [5.41, 5.74) is 0. The van der Waals surface area contributed by atoms with Crippen molar-refractivity contribution in [2.45, 2.75) is 25.9 Å². The van der Waals surface area contributed by atoms with Gasteiger partial charge in [0.05, 0.1) is 26.0 Å². The first-order valence-electron chi connectivity index (χ1n) is 8.42. The molecule has 0 atom stereocenters. The molecule has 0 radical (unpaired) electrons. The molecule has 6 heteroatoms. The molecule has 0 aliphatic heterocycles. The highest BCUT2D eigenvalue weighted by Gasteiger charge is 2.16. The van der Waals surface area contributed by atoms with E-state index in [1.165, 1.54) is 6.07 Å². The Kier molecular flexibility index (Phi) is 6.44. The highest BCUT2D eigenvalue weighted by Crippen LogP contribution is 2.18. The Morgan fingerprint density at radius 1 is 1.12 bits per heavy atom. The average molecular weight is 373 g/mol. The van der Waals surface area contributed by atoms with Gasteiger partial charge >= 0.3 is 0 Å². The molecule has 0 saturated heterocycles. The van der Waals surface area contributed by atoms with Crippen LogP contribution in [0.5, 0.6) is 5.75 Å². The molecule has 3 aromatic rings. The van der Waals surface area contributed by atoms with Gasteiger partial charge < -0.3 is 14.1 Å². The first kappa shape index (κ1) is 18.2. The fourth-order valence-corrected chi connectivity index (χ4v) is 3.26. The number of hydrogen-bond acceptors (Lipinski definition) is 4. The standard InChI is InChI=1S/C20H20FNO3S/c21-18-8-1-2-9-19(18)25-12-4-10-20(23)22(14-16-6-3-11-24-16)15-17-7-5-13-26-17/h1-3,5-9,11,13H,4,10,12,14-15H2. The van der Waals surface area contributed by atoms with Crippen LogP contribution in [-0.4, -0.2) is 17.4 Å². The Morgan fingerprint density at radius 3 is 2.73 bits per heavy atom. The van der Waals surface area contributed by atoms with Gasteiger partial charge in [-0.2, -0.15) is 0 Å². The number of hydrogen-bond donors (Lipinski definition) is 0. The summed E-state index contributed by atoms with van der Waals surface area (Å²) in [6, 6.07) is 13.9. The predicted molar refractivity (Wildman–Crippen MR) is 98.4 cm³/mol. The Balaban J connectivity index is 1.52. The topological polar surface area (TPSA) is 42.7 Å². The predicted octanol–water partition coefficient (Wildman–Crippen LogP) is 4.87. The molecule has 2 heterocycles. The van der Waals surface area contributed by atoms with E-state index in [0.29, 0.717) is 32.5 Å². The van der Waals surface area contributed by atoms with E-state index >= 15 is 0 Å². The van der Waals surface area contributed by atoms with Crippen molar-refractivity contribution in [1.29, 1.82) is 0 Å². The third kappa shape index (κ3) is 5.20. The van der Waals surface area contributed by atoms with Gasteiger partial charge in [0.25, 0.3) is 0 Å². The van der Waals surface area contributed by atoms with Crippen molar-refractivity contribution >= 4 is 17.2 Å². The second-order valence-corrected chi connectivity index (χ2v) is 6.82. The first-order valence-corrected chi connectivity index (χ1v) is 9.30. The Hall–Kier alpha value is -2.60. The SMILES string of the molecule is O=C(CCCOc1ccccc1F)N(Cc1ccco1)Cc1cccs1. The van der Waals surface area contributed by atoms with Gasteiger partial charge in [-0.15, -0.1) is 11.3 Å². The summed E-state index contributed by atoms with van der Waals surface area (Å²) in [5, 5.41) is 1.99. The lowest BCUT2D eigenvalue weighted by Crippen LogP contribution is -2.29. The number of rotatable bonds is 9. The summed E-state index contributed by atoms with van der Waals surface area (Å²) in [7, 11) is 0. The van der Waals surface area contributed by atoms with E-state index in [0.717, 1.165) is 10.6 Å². The summed E-state index contributed by atoms with van der Waals surface area (Å²) >= 11 is 1.62. The number of benzene rings is 1. The molecule has 0 fully saturated rings. The quantitative estimate of drug-likeness (QED) is 0.503. The van der Waals surface area contributed by atoms with Crippen LogP contribution in [0.2, 0.25) is 0 Å². The third-order valence-electron chi connectivity index (χ3n) is 3.84. The van der Waals surface area contributed by atoms with Crippen molar-refractivity contribution in [3.05, 3.63) is 76.6 Å². The van der Waals surface area contributed by atoms with Gasteiger partial charge in [0.15, 0.2) is 11.6 Å². The van der Waals surface area contributed by atoms with Gasteiger partial charge in [-0.05, 0) is 42.1 Å². The maximum Gasteiger partial charge on any atom is 0.223 e. The van der Waals surface area contributed by atoms with Crippen molar-refractivity contribution in [3.63, 3.8) is 0 Å². The number of furan rings is 1. The largest absolute Gasteiger partial charge is 0.491 e. The normalized spacial score (nSPS) is 10.7. The van der Waals surface area contributed by atoms with Gasteiger partial charge in [-0.25, -0.2) is 4.39 Å². The molecule has 0 saturated carbocycles. The van der Waals surface area contributed by atoms with Crippen LogP contribution in [0.1, 0.15) is 23.5 Å². The van der Waals surface area contributed by atoms with E-state index in [9.17, 15) is 9.18 Å². The number of nitrogens with zero attached hydrogens (tertiary/aromatic N) is 1. The molecule has 136 valence electrons. The van der Waals surface area contributed by atoms with E-state index in [-0.39, 0.29) is 11.7 Å². The van der Waals surface area contributed by atoms with E-state index in [4.69, 9.17) is 9.15 Å². The summed E-state index contributed by atoms with van der Waals surface area (Å²) in [6.07, 6.45) is 2.46. The van der Waals surface area contributed by atoms with E-state index in [2.05, 4.69) is 0 Å². The lowest BCUT2D eigenvalue weighted by atomic mass is 10.2. The molecule has 26 heavy (non-hydrogen) atoms. The van der Waals surface area contributed by atoms with E-state index < -0.39 is 5.82 Å². The minimum Gasteiger partial charge on any atom is -0.491 e. The zero-order chi connectivity index (χ0) is 18.2. The lowest BCUT2D eigenvalue weighted by molar-refractivity contribution is -0.132. The van der Waals surface area contributed by atoms with Crippen molar-refractivity contribution < 1.29 is 18.3 Å². The number of amides is 1. The van der Waals surface area contributed by atoms with Crippen LogP contribution < -0.4 is 4.74 Å². The van der Waals surface area contributed by atoms with Gasteiger partial charge in [0.2, 0.25) is 5.91 Å². The molecule has 0 spiro atoms. The highest BCUT2D eigenvalue weighted by molar-refractivity contribution is 7.09. The maximum absolute atomic E-state index is 13.5. The van der Waals surface area contributed by atoms with Crippen LogP contribution in [0.4, 0.5) is 4.39 Å². The first-order chi connectivity index (χ1) is 12.7. The van der Waals surface area contributed by atoms with Crippen LogP contribution in [0, 0.1) is 5.82 Å². The Labute approximate surface area is 155 Å². The fraction of sp³-hybridized carbons (Fsp3) is 0.250. The molecular weight excluding hydrogens is 353 g/mol. The van der Waals surface area contributed by atoms with Gasteiger partial charge in [-0.3, -0.25) is 4.79 Å². The summed E-state index contributed by atoms with van der Waals surface area (Å²) < 4.78 is 24.3. The molecular formula is C20H20FNO3S. The van der Waals surface area contributed by atoms with Crippen LogP contribution in [0.25, 0.3) is 0 Å². The number of ether oxygens (including phenoxy) is 1. The van der Waals surface area contributed by atoms with Gasteiger partial charge in [0.1, 0.15) is 5.76 Å². The Morgan fingerprint density at radius 2 is 2.00 bits per heavy atom. The van der Waals surface area contributed by atoms with Crippen LogP contribution >= 0.6 is 11.3 Å². The van der Waals surface area contributed by atoms with E-state index in [1.807, 2.05) is 29.6 Å². The fourth-order valence-electron chi connectivity index (χ4n) is 2.54. The minimum atomic E-state index is -0.393. The van der Waals surface area contributed by atoms with Crippen molar-refractivity contribution in [2.24, 2.45) is 0 Å². The smallest absolute Gasteiger partial charge is 0.223 e. The summed E-state index contributed by atoms with van der Waals surface area (Å²) in [4.78, 5) is 15.5. The second kappa shape index (κ2) is 9.20. The van der Waals surface area contributed by atoms with Crippen molar-refractivity contribution in [3.8, 4) is 5.75 Å². The zero-order valence-electron chi connectivity index (χ0n) is 14.3. The molecule has 3 rings (SSSR count).